The number of hydrogen-bond donors (Lipinski definition) is 1. The number of methoxy groups -OCH3 is 1. The summed E-state index contributed by atoms with van der Waals surface area (Å²) < 4.78 is 18.1. The molecule has 4 rings (SSSR count). The van der Waals surface area contributed by atoms with Gasteiger partial charge in [0.05, 0.1) is 40.5 Å². The molecule has 3 aromatic rings. The Morgan fingerprint density at radius 2 is 2.00 bits per heavy atom. The number of ether oxygens (including phenoxy) is 3. The van der Waals surface area contributed by atoms with Crippen LogP contribution in [0.15, 0.2) is 57.5 Å². The highest BCUT2D eigenvalue weighted by Gasteiger charge is 2.35. The second kappa shape index (κ2) is 11.1. The molecule has 1 aromatic heterocycles. The smallest absolute Gasteiger partial charge is 0.338 e. The number of fused-ring (bicyclic) bond motifs is 1. The molecular formula is C27H27N3O8S. The molecule has 11 nitrogen and oxygen atoms in total. The Kier molecular flexibility index (Phi) is 7.86. The number of aromatic hydroxyl groups is 1. The van der Waals surface area contributed by atoms with E-state index in [4.69, 9.17) is 14.2 Å². The van der Waals surface area contributed by atoms with Crippen LogP contribution in [0.4, 0.5) is 5.69 Å². The molecule has 0 fully saturated rings. The van der Waals surface area contributed by atoms with Crippen LogP contribution >= 0.6 is 11.3 Å². The zero-order chi connectivity index (χ0) is 28.4. The second-order valence-electron chi connectivity index (χ2n) is 8.85. The average molecular weight is 554 g/mol. The Morgan fingerprint density at radius 1 is 1.28 bits per heavy atom. The summed E-state index contributed by atoms with van der Waals surface area (Å²) >= 11 is 1.07. The molecule has 1 aliphatic rings. The zero-order valence-electron chi connectivity index (χ0n) is 22.0. The summed E-state index contributed by atoms with van der Waals surface area (Å²) in [7, 11) is 1.27. The molecule has 1 N–H and O–H groups in total. The third-order valence-electron chi connectivity index (χ3n) is 5.88. The quantitative estimate of drug-likeness (QED) is 0.255. The first kappa shape index (κ1) is 27.6. The number of carbonyl (C=O) groups is 1. The molecule has 0 unspecified atom stereocenters. The van der Waals surface area contributed by atoms with Crippen LogP contribution in [0, 0.1) is 10.1 Å². The Labute approximate surface area is 227 Å². The van der Waals surface area contributed by atoms with Crippen LogP contribution in [0.25, 0.3) is 6.08 Å². The fourth-order valence-corrected chi connectivity index (χ4v) is 5.34. The third kappa shape index (κ3) is 5.28. The van der Waals surface area contributed by atoms with Crippen LogP contribution in [0.2, 0.25) is 0 Å². The molecule has 2 aromatic carbocycles. The normalized spacial score (nSPS) is 15.1. The molecule has 39 heavy (non-hydrogen) atoms. The van der Waals surface area contributed by atoms with Crippen molar-refractivity contribution in [2.45, 2.75) is 39.8 Å². The van der Waals surface area contributed by atoms with Gasteiger partial charge >= 0.3 is 11.7 Å². The van der Waals surface area contributed by atoms with E-state index in [-0.39, 0.29) is 34.1 Å². The number of esters is 1. The number of nitro benzene ring substituents is 1. The minimum Gasteiger partial charge on any atom is -0.500 e. The number of carbonyl (C=O) groups excluding carboxylic acids is 1. The van der Waals surface area contributed by atoms with Gasteiger partial charge in [0.1, 0.15) is 11.8 Å². The number of phenols is 1. The fourth-order valence-electron chi connectivity index (χ4n) is 4.30. The van der Waals surface area contributed by atoms with Crippen LogP contribution in [-0.4, -0.2) is 40.4 Å². The lowest BCUT2D eigenvalue weighted by atomic mass is 9.95. The van der Waals surface area contributed by atoms with Crippen molar-refractivity contribution in [2.24, 2.45) is 4.99 Å². The van der Waals surface area contributed by atoms with Gasteiger partial charge in [0, 0.05) is 11.6 Å². The Bertz CT molecular complexity index is 1670. The molecule has 0 saturated carbocycles. The molecule has 0 bridgehead atoms. The minimum absolute atomic E-state index is 0.110. The molecule has 0 saturated heterocycles. The number of aromatic nitrogens is 1. The highest BCUT2D eigenvalue weighted by Crippen LogP contribution is 2.38. The summed E-state index contributed by atoms with van der Waals surface area (Å²) in [6.45, 7) is 7.26. The summed E-state index contributed by atoms with van der Waals surface area (Å²) in [5.74, 6) is -0.822. The maximum absolute atomic E-state index is 13.9. The van der Waals surface area contributed by atoms with E-state index < -0.39 is 33.9 Å². The van der Waals surface area contributed by atoms with Crippen LogP contribution in [0.1, 0.15) is 44.9 Å². The molecule has 2 heterocycles. The molecule has 1 aliphatic heterocycles. The zero-order valence-corrected chi connectivity index (χ0v) is 22.8. The first-order valence-corrected chi connectivity index (χ1v) is 12.9. The van der Waals surface area contributed by atoms with Crippen molar-refractivity contribution < 1.29 is 29.0 Å². The van der Waals surface area contributed by atoms with Gasteiger partial charge in [0.15, 0.2) is 10.6 Å². The molecule has 0 spiro atoms. The lowest BCUT2D eigenvalue weighted by Crippen LogP contribution is -2.40. The van der Waals surface area contributed by atoms with Gasteiger partial charge in [-0.15, -0.1) is 0 Å². The van der Waals surface area contributed by atoms with E-state index >= 15 is 0 Å². The predicted octanol–water partition coefficient (Wildman–Crippen LogP) is 3.21. The predicted molar refractivity (Wildman–Crippen MR) is 144 cm³/mol. The number of rotatable bonds is 8. The maximum atomic E-state index is 13.9. The summed E-state index contributed by atoms with van der Waals surface area (Å²) in [6.07, 6.45) is 1.29. The molecule has 0 amide bonds. The first-order chi connectivity index (χ1) is 18.6. The lowest BCUT2D eigenvalue weighted by Gasteiger charge is -2.26. The number of para-hydroxylation sites is 1. The molecule has 204 valence electrons. The van der Waals surface area contributed by atoms with Crippen LogP contribution < -0.4 is 24.4 Å². The van der Waals surface area contributed by atoms with Crippen molar-refractivity contribution in [2.75, 3.05) is 13.7 Å². The SMILES string of the molecule is CCOC(=O)C1=C(C)N=c2s/c(=C/c3cc(OC)c(O)c([N+](=O)[O-])c3)c(=O)n2[C@H]1c1ccccc1OC(C)C. The number of nitrogens with zero attached hydrogens (tertiary/aromatic N) is 3. The van der Waals surface area contributed by atoms with Gasteiger partial charge in [-0.25, -0.2) is 9.79 Å². The standard InChI is InChI=1S/C27H27N3O8S/c1-6-37-26(33)22-15(4)28-27-29(23(22)17-9-7-8-10-19(17)38-14(2)3)25(32)21(39-27)13-16-11-18(30(34)35)24(31)20(12-16)36-5/h7-14,23,31H,6H2,1-5H3/b21-13+/t23-/m0/s1. The Morgan fingerprint density at radius 3 is 2.64 bits per heavy atom. The Balaban J connectivity index is 2.00. The van der Waals surface area contributed by atoms with Crippen molar-refractivity contribution in [3.8, 4) is 17.2 Å². The van der Waals surface area contributed by atoms with Crippen molar-refractivity contribution >= 4 is 29.1 Å². The van der Waals surface area contributed by atoms with Crippen LogP contribution in [-0.2, 0) is 9.53 Å². The van der Waals surface area contributed by atoms with Gasteiger partial charge in [0.2, 0.25) is 5.75 Å². The van der Waals surface area contributed by atoms with Crippen molar-refractivity contribution in [3.05, 3.63) is 88.6 Å². The maximum Gasteiger partial charge on any atom is 0.338 e. The molecule has 12 heteroatoms. The Hall–Kier alpha value is -4.45. The van der Waals surface area contributed by atoms with Crippen molar-refractivity contribution in [1.82, 2.24) is 4.57 Å². The highest BCUT2D eigenvalue weighted by atomic mass is 32.1. The fraction of sp³-hybridized carbons (Fsp3) is 0.296. The van der Waals surface area contributed by atoms with E-state index in [2.05, 4.69) is 4.99 Å². The first-order valence-electron chi connectivity index (χ1n) is 12.1. The van der Waals surface area contributed by atoms with Gasteiger partial charge in [-0.05, 0) is 51.5 Å². The number of benzene rings is 2. The number of nitro groups is 1. The van der Waals surface area contributed by atoms with Gasteiger partial charge in [-0.1, -0.05) is 29.5 Å². The number of thiazole rings is 1. The summed E-state index contributed by atoms with van der Waals surface area (Å²) in [5, 5.41) is 21.6. The van der Waals surface area contributed by atoms with Crippen molar-refractivity contribution in [3.63, 3.8) is 0 Å². The van der Waals surface area contributed by atoms with E-state index in [9.17, 15) is 24.8 Å². The van der Waals surface area contributed by atoms with Crippen LogP contribution in [0.5, 0.6) is 17.2 Å². The van der Waals surface area contributed by atoms with Gasteiger partial charge in [0.25, 0.3) is 5.56 Å². The van der Waals surface area contributed by atoms with Gasteiger partial charge in [-0.2, -0.15) is 0 Å². The lowest BCUT2D eigenvalue weighted by molar-refractivity contribution is -0.386. The summed E-state index contributed by atoms with van der Waals surface area (Å²) in [5.41, 5.74) is 0.421. The van der Waals surface area contributed by atoms with E-state index in [1.165, 1.54) is 23.8 Å². The highest BCUT2D eigenvalue weighted by molar-refractivity contribution is 7.07. The molecule has 1 atom stereocenters. The third-order valence-corrected chi connectivity index (χ3v) is 6.87. The van der Waals surface area contributed by atoms with Crippen LogP contribution in [0.3, 0.4) is 0 Å². The topological polar surface area (TPSA) is 142 Å². The van der Waals surface area contributed by atoms with E-state index in [0.717, 1.165) is 17.4 Å². The second-order valence-corrected chi connectivity index (χ2v) is 9.86. The monoisotopic (exact) mass is 553 g/mol. The van der Waals surface area contributed by atoms with Gasteiger partial charge in [-0.3, -0.25) is 19.5 Å². The molecular weight excluding hydrogens is 526 g/mol. The molecule has 0 radical (unpaired) electrons. The van der Waals surface area contributed by atoms with Crippen molar-refractivity contribution in [1.29, 1.82) is 0 Å². The molecule has 0 aliphatic carbocycles. The summed E-state index contributed by atoms with van der Waals surface area (Å²) in [6, 6.07) is 8.79. The van der Waals surface area contributed by atoms with E-state index in [0.29, 0.717) is 21.8 Å². The largest absolute Gasteiger partial charge is 0.500 e. The van der Waals surface area contributed by atoms with Gasteiger partial charge < -0.3 is 19.3 Å². The number of hydrogen-bond acceptors (Lipinski definition) is 10. The summed E-state index contributed by atoms with van der Waals surface area (Å²) in [4.78, 5) is 42.6. The number of allylic oxidation sites excluding steroid dienone is 1. The average Bonchev–Trinajstić information content (AvgIpc) is 3.18. The number of phenolic OH excluding ortho intramolecular Hbond substituents is 1. The van der Waals surface area contributed by atoms with E-state index in [1.807, 2.05) is 13.8 Å². The van der Waals surface area contributed by atoms with E-state index in [1.54, 1.807) is 38.1 Å². The minimum atomic E-state index is -0.888.